The van der Waals surface area contributed by atoms with Crippen LogP contribution in [0.15, 0.2) is 35.7 Å². The Morgan fingerprint density at radius 3 is 2.57 bits per heavy atom. The molecular formula is C15H14F2N2O3S. The number of hydrogen-bond acceptors (Lipinski definition) is 4. The molecule has 8 heteroatoms. The zero-order chi connectivity index (χ0) is 17.0. The lowest BCUT2D eigenvalue weighted by molar-refractivity contribution is -0.136. The van der Waals surface area contributed by atoms with Crippen LogP contribution in [0.3, 0.4) is 0 Å². The van der Waals surface area contributed by atoms with Gasteiger partial charge < -0.3 is 15.7 Å². The molecule has 2 rings (SSSR count). The Bertz CT molecular complexity index is 718. The van der Waals surface area contributed by atoms with Crippen LogP contribution in [0.1, 0.15) is 11.8 Å². The van der Waals surface area contributed by atoms with Crippen LogP contribution < -0.4 is 10.6 Å². The van der Waals surface area contributed by atoms with Crippen molar-refractivity contribution in [2.45, 2.75) is 12.5 Å². The molecule has 0 saturated heterocycles. The van der Waals surface area contributed by atoms with Gasteiger partial charge in [0.05, 0.1) is 6.54 Å². The Kier molecular flexibility index (Phi) is 5.07. The summed E-state index contributed by atoms with van der Waals surface area (Å²) in [5.41, 5.74) is -1.36. The number of amides is 2. The first kappa shape index (κ1) is 17.0. The fourth-order valence-corrected chi connectivity index (χ4v) is 2.55. The molecule has 1 aromatic heterocycles. The normalized spacial score (nSPS) is 13.2. The summed E-state index contributed by atoms with van der Waals surface area (Å²) in [5, 5.41) is 16.5. The second-order valence-electron chi connectivity index (χ2n) is 5.02. The van der Waals surface area contributed by atoms with Gasteiger partial charge in [0.1, 0.15) is 5.60 Å². The van der Waals surface area contributed by atoms with Crippen molar-refractivity contribution in [3.8, 4) is 0 Å². The summed E-state index contributed by atoms with van der Waals surface area (Å²) in [7, 11) is 0. The number of benzene rings is 1. The molecule has 0 spiro atoms. The average molecular weight is 340 g/mol. The van der Waals surface area contributed by atoms with Gasteiger partial charge in [0.2, 0.25) is 0 Å². The van der Waals surface area contributed by atoms with Crippen LogP contribution in [0.25, 0.3) is 0 Å². The van der Waals surface area contributed by atoms with E-state index >= 15 is 0 Å². The van der Waals surface area contributed by atoms with E-state index in [-0.39, 0.29) is 12.2 Å². The molecule has 0 aliphatic rings. The quantitative estimate of drug-likeness (QED) is 0.745. The van der Waals surface area contributed by atoms with Crippen molar-refractivity contribution in [2.75, 3.05) is 11.9 Å². The number of hydrogen-bond donors (Lipinski definition) is 3. The summed E-state index contributed by atoms with van der Waals surface area (Å²) in [6.45, 7) is 1.34. The van der Waals surface area contributed by atoms with Gasteiger partial charge in [-0.05, 0) is 30.5 Å². The van der Waals surface area contributed by atoms with E-state index in [1.165, 1.54) is 18.3 Å². The summed E-state index contributed by atoms with van der Waals surface area (Å²) >= 11 is 1.32. The second kappa shape index (κ2) is 6.84. The van der Waals surface area contributed by atoms with E-state index in [1.807, 2.05) is 0 Å². The molecule has 3 N–H and O–H groups in total. The predicted octanol–water partition coefficient (Wildman–Crippen LogP) is 1.99. The minimum atomic E-state index is -1.31. The van der Waals surface area contributed by atoms with Crippen molar-refractivity contribution in [3.05, 3.63) is 52.2 Å². The van der Waals surface area contributed by atoms with E-state index in [4.69, 9.17) is 0 Å². The first-order chi connectivity index (χ1) is 10.8. The Balaban J connectivity index is 1.92. The smallest absolute Gasteiger partial charge is 0.313 e. The molecule has 0 radical (unpaired) electrons. The van der Waals surface area contributed by atoms with E-state index in [0.717, 1.165) is 18.2 Å². The number of aliphatic hydroxyl groups is 1. The van der Waals surface area contributed by atoms with Gasteiger partial charge in [-0.15, -0.1) is 11.3 Å². The van der Waals surface area contributed by atoms with Crippen molar-refractivity contribution in [3.63, 3.8) is 0 Å². The first-order valence-electron chi connectivity index (χ1n) is 6.60. The van der Waals surface area contributed by atoms with Crippen molar-refractivity contribution in [2.24, 2.45) is 0 Å². The number of rotatable bonds is 4. The van der Waals surface area contributed by atoms with Crippen LogP contribution in [0.2, 0.25) is 0 Å². The highest BCUT2D eigenvalue weighted by Gasteiger charge is 2.26. The molecule has 122 valence electrons. The highest BCUT2D eigenvalue weighted by Crippen LogP contribution is 2.24. The molecular weight excluding hydrogens is 326 g/mol. The van der Waals surface area contributed by atoms with Gasteiger partial charge in [0, 0.05) is 16.6 Å². The molecule has 1 heterocycles. The molecule has 1 unspecified atom stereocenters. The molecule has 2 amide bonds. The Labute approximate surface area is 135 Å². The highest BCUT2D eigenvalue weighted by atomic mass is 32.1. The van der Waals surface area contributed by atoms with Gasteiger partial charge in [-0.25, -0.2) is 8.78 Å². The number of carbonyl (C=O) groups excluding carboxylic acids is 2. The number of carbonyl (C=O) groups is 2. The fraction of sp³-hybridized carbons (Fsp3) is 0.200. The van der Waals surface area contributed by atoms with Gasteiger partial charge in [0.25, 0.3) is 0 Å². The van der Waals surface area contributed by atoms with Gasteiger partial charge in [0.15, 0.2) is 11.6 Å². The van der Waals surface area contributed by atoms with Gasteiger partial charge in [-0.1, -0.05) is 6.07 Å². The van der Waals surface area contributed by atoms with Gasteiger partial charge >= 0.3 is 11.8 Å². The van der Waals surface area contributed by atoms with Crippen molar-refractivity contribution in [1.82, 2.24) is 5.32 Å². The lowest BCUT2D eigenvalue weighted by atomic mass is 10.1. The standard InChI is InChI=1S/C15H14F2N2O3S/c1-15(22,12-3-2-6-23-12)8-18-13(20)14(21)19-9-4-5-10(16)11(17)7-9/h2-7,22H,8H2,1H3,(H,18,20)(H,19,21). The first-order valence-corrected chi connectivity index (χ1v) is 7.48. The van der Waals surface area contributed by atoms with Gasteiger partial charge in [-0.2, -0.15) is 0 Å². The molecule has 1 aromatic carbocycles. The third-order valence-electron chi connectivity index (χ3n) is 3.03. The molecule has 0 saturated carbocycles. The van der Waals surface area contributed by atoms with Crippen LogP contribution in [-0.2, 0) is 15.2 Å². The number of thiophene rings is 1. The summed E-state index contributed by atoms with van der Waals surface area (Å²) in [5.74, 6) is -4.23. The highest BCUT2D eigenvalue weighted by molar-refractivity contribution is 7.10. The number of halogens is 2. The number of anilines is 1. The average Bonchev–Trinajstić information content (AvgIpc) is 3.04. The van der Waals surface area contributed by atoms with E-state index < -0.39 is 29.0 Å². The maximum atomic E-state index is 13.0. The lowest BCUT2D eigenvalue weighted by Crippen LogP contribution is -2.42. The number of nitrogens with one attached hydrogen (secondary N) is 2. The Morgan fingerprint density at radius 2 is 1.96 bits per heavy atom. The van der Waals surface area contributed by atoms with Crippen LogP contribution in [0.5, 0.6) is 0 Å². The van der Waals surface area contributed by atoms with E-state index in [1.54, 1.807) is 17.5 Å². The minimum absolute atomic E-state index is 0.0472. The van der Waals surface area contributed by atoms with E-state index in [2.05, 4.69) is 10.6 Å². The van der Waals surface area contributed by atoms with Crippen molar-refractivity contribution >= 4 is 28.8 Å². The third kappa shape index (κ3) is 4.33. The summed E-state index contributed by atoms with van der Waals surface area (Å²) in [6.07, 6.45) is 0. The summed E-state index contributed by atoms with van der Waals surface area (Å²) < 4.78 is 25.8. The Hall–Kier alpha value is -2.32. The molecule has 2 aromatic rings. The lowest BCUT2D eigenvalue weighted by Gasteiger charge is -2.22. The molecule has 0 aliphatic carbocycles. The van der Waals surface area contributed by atoms with Crippen LogP contribution in [0, 0.1) is 11.6 Å². The molecule has 1 atom stereocenters. The summed E-state index contributed by atoms with van der Waals surface area (Å²) in [4.78, 5) is 24.0. The fourth-order valence-electron chi connectivity index (χ4n) is 1.77. The minimum Gasteiger partial charge on any atom is -0.383 e. The van der Waals surface area contributed by atoms with Crippen molar-refractivity contribution in [1.29, 1.82) is 0 Å². The molecule has 0 bridgehead atoms. The van der Waals surface area contributed by atoms with E-state index in [9.17, 15) is 23.5 Å². The van der Waals surface area contributed by atoms with Crippen LogP contribution >= 0.6 is 11.3 Å². The zero-order valence-corrected chi connectivity index (χ0v) is 12.9. The predicted molar refractivity (Wildman–Crippen MR) is 81.9 cm³/mol. The zero-order valence-electron chi connectivity index (χ0n) is 12.1. The monoisotopic (exact) mass is 340 g/mol. The Morgan fingerprint density at radius 1 is 1.22 bits per heavy atom. The van der Waals surface area contributed by atoms with E-state index in [0.29, 0.717) is 4.88 Å². The maximum absolute atomic E-state index is 13.0. The van der Waals surface area contributed by atoms with Crippen molar-refractivity contribution < 1.29 is 23.5 Å². The molecule has 0 fully saturated rings. The largest absolute Gasteiger partial charge is 0.383 e. The SMILES string of the molecule is CC(O)(CNC(=O)C(=O)Nc1ccc(F)c(F)c1)c1cccs1. The second-order valence-corrected chi connectivity index (χ2v) is 5.96. The molecule has 23 heavy (non-hydrogen) atoms. The summed E-state index contributed by atoms with van der Waals surface area (Å²) in [6, 6.07) is 6.20. The topological polar surface area (TPSA) is 78.4 Å². The van der Waals surface area contributed by atoms with Crippen LogP contribution in [-0.4, -0.2) is 23.5 Å². The maximum Gasteiger partial charge on any atom is 0.313 e. The van der Waals surface area contributed by atoms with Gasteiger partial charge in [-0.3, -0.25) is 9.59 Å². The molecule has 0 aliphatic heterocycles. The molecule has 5 nitrogen and oxygen atoms in total. The third-order valence-corrected chi connectivity index (χ3v) is 4.15. The van der Waals surface area contributed by atoms with Crippen LogP contribution in [0.4, 0.5) is 14.5 Å².